The Kier molecular flexibility index (Phi) is 6.58. The summed E-state index contributed by atoms with van der Waals surface area (Å²) in [5, 5.41) is 5.15. The van der Waals surface area contributed by atoms with Crippen molar-refractivity contribution in [3.8, 4) is 0 Å². The Hall–Kier alpha value is -2.81. The van der Waals surface area contributed by atoms with Gasteiger partial charge >= 0.3 is 5.97 Å². The van der Waals surface area contributed by atoms with E-state index in [0.29, 0.717) is 17.7 Å². The number of sulfonamides is 1. The quantitative estimate of drug-likeness (QED) is 0.430. The number of halogens is 1. The molecule has 0 aliphatic rings. The Bertz CT molecular complexity index is 1070. The van der Waals surface area contributed by atoms with Gasteiger partial charge in [-0.15, -0.1) is 0 Å². The third kappa shape index (κ3) is 5.60. The van der Waals surface area contributed by atoms with E-state index in [0.717, 1.165) is 5.56 Å². The van der Waals surface area contributed by atoms with Crippen LogP contribution in [0.4, 0.5) is 5.69 Å². The van der Waals surface area contributed by atoms with E-state index in [-0.39, 0.29) is 23.8 Å². The van der Waals surface area contributed by atoms with Crippen LogP contribution in [0.5, 0.6) is 0 Å². The van der Waals surface area contributed by atoms with Gasteiger partial charge in [-0.2, -0.15) is 0 Å². The van der Waals surface area contributed by atoms with Gasteiger partial charge in [0.25, 0.3) is 0 Å². The van der Waals surface area contributed by atoms with Gasteiger partial charge in [0.05, 0.1) is 30.7 Å². The third-order valence-electron chi connectivity index (χ3n) is 4.14. The van der Waals surface area contributed by atoms with E-state index >= 15 is 0 Å². The van der Waals surface area contributed by atoms with Gasteiger partial charge in [0.2, 0.25) is 10.0 Å². The number of rotatable bonds is 8. The largest absolute Gasteiger partial charge is 0.466 e. The number of benzene rings is 2. The topological polar surface area (TPSA) is 103 Å². The fraction of sp³-hybridized carbons (Fsp3) is 0.150. The van der Waals surface area contributed by atoms with Crippen molar-refractivity contribution >= 4 is 33.5 Å². The fourth-order valence-electron chi connectivity index (χ4n) is 2.66. The van der Waals surface area contributed by atoms with Crippen LogP contribution in [0.1, 0.15) is 21.7 Å². The van der Waals surface area contributed by atoms with E-state index in [4.69, 9.17) is 26.1 Å². The maximum Gasteiger partial charge on any atom is 0.338 e. The van der Waals surface area contributed by atoms with E-state index < -0.39 is 16.0 Å². The molecule has 3 aromatic rings. The smallest absolute Gasteiger partial charge is 0.338 e. The minimum Gasteiger partial charge on any atom is -0.466 e. The van der Waals surface area contributed by atoms with Crippen molar-refractivity contribution in [2.24, 2.45) is 5.14 Å². The number of nitrogens with two attached hydrogens (primary N) is 1. The molecule has 0 saturated carbocycles. The number of nitrogens with zero attached hydrogens (tertiary/aromatic N) is 1. The highest BCUT2D eigenvalue weighted by Gasteiger charge is 2.19. The Balaban J connectivity index is 1.58. The number of anilines is 1. The zero-order valence-electron chi connectivity index (χ0n) is 15.3. The maximum atomic E-state index is 12.2. The zero-order chi connectivity index (χ0) is 20.9. The first-order valence-corrected chi connectivity index (χ1v) is 10.6. The molecule has 0 saturated heterocycles. The zero-order valence-corrected chi connectivity index (χ0v) is 16.9. The molecule has 1 heterocycles. The van der Waals surface area contributed by atoms with Gasteiger partial charge in [-0.3, -0.25) is 4.42 Å². The standard InChI is InChI=1S/C20H19ClN2O5S/c21-23(14-18-19(11-13-27-18)29(22,25)26)17-8-6-16(7-9-17)20(24)28-12-10-15-4-2-1-3-5-15/h1-9,11,13H,10,12,14H2,(H2,22,25,26). The molecular formula is C20H19ClN2O5S. The normalized spacial score (nSPS) is 11.2. The second kappa shape index (κ2) is 9.13. The van der Waals surface area contributed by atoms with E-state index in [1.165, 1.54) is 16.7 Å². The number of primary sulfonamides is 1. The second-order valence-electron chi connectivity index (χ2n) is 6.19. The van der Waals surface area contributed by atoms with Crippen LogP contribution in [-0.2, 0) is 27.7 Å². The molecule has 1 aromatic heterocycles. The Morgan fingerprint density at radius 3 is 2.41 bits per heavy atom. The van der Waals surface area contributed by atoms with Crippen molar-refractivity contribution in [2.45, 2.75) is 17.9 Å². The number of hydrogen-bond donors (Lipinski definition) is 1. The molecular weight excluding hydrogens is 416 g/mol. The van der Waals surface area contributed by atoms with Crippen LogP contribution in [0.3, 0.4) is 0 Å². The predicted octanol–water partition coefficient (Wildman–Crippen LogP) is 3.49. The average Bonchev–Trinajstić information content (AvgIpc) is 3.17. The number of furan rings is 1. The van der Waals surface area contributed by atoms with Crippen molar-refractivity contribution in [3.63, 3.8) is 0 Å². The molecule has 29 heavy (non-hydrogen) atoms. The first-order chi connectivity index (χ1) is 13.8. The molecule has 0 bridgehead atoms. The van der Waals surface area contributed by atoms with Crippen LogP contribution in [0.25, 0.3) is 0 Å². The highest BCUT2D eigenvalue weighted by molar-refractivity contribution is 7.89. The molecule has 0 aliphatic carbocycles. The van der Waals surface area contributed by atoms with Gasteiger partial charge in [0.15, 0.2) is 0 Å². The second-order valence-corrected chi connectivity index (χ2v) is 8.13. The molecule has 9 heteroatoms. The highest BCUT2D eigenvalue weighted by Crippen LogP contribution is 2.24. The van der Waals surface area contributed by atoms with E-state index in [1.54, 1.807) is 24.3 Å². The first kappa shape index (κ1) is 20.9. The summed E-state index contributed by atoms with van der Waals surface area (Å²) in [4.78, 5) is 12.0. The van der Waals surface area contributed by atoms with Crippen LogP contribution in [0.2, 0.25) is 0 Å². The molecule has 0 atom stereocenters. The fourth-order valence-corrected chi connectivity index (χ4v) is 3.56. The average molecular weight is 435 g/mol. The van der Waals surface area contributed by atoms with E-state index in [2.05, 4.69) is 0 Å². The van der Waals surface area contributed by atoms with Gasteiger partial charge in [-0.05, 0) is 35.9 Å². The van der Waals surface area contributed by atoms with Crippen LogP contribution < -0.4 is 9.56 Å². The molecule has 3 rings (SSSR count). The van der Waals surface area contributed by atoms with Gasteiger partial charge in [0, 0.05) is 18.2 Å². The van der Waals surface area contributed by atoms with E-state index in [9.17, 15) is 13.2 Å². The Morgan fingerprint density at radius 2 is 1.76 bits per heavy atom. The lowest BCUT2D eigenvalue weighted by Gasteiger charge is -2.15. The van der Waals surface area contributed by atoms with Gasteiger partial charge in [-0.25, -0.2) is 18.4 Å². The minimum absolute atomic E-state index is 0.0266. The summed E-state index contributed by atoms with van der Waals surface area (Å²) in [6, 6.07) is 17.4. The Labute approximate surface area is 173 Å². The Morgan fingerprint density at radius 1 is 1.07 bits per heavy atom. The molecule has 2 aromatic carbocycles. The van der Waals surface area contributed by atoms with Crippen molar-refractivity contribution in [1.29, 1.82) is 0 Å². The molecule has 0 radical (unpaired) electrons. The maximum absolute atomic E-state index is 12.2. The summed E-state index contributed by atoms with van der Waals surface area (Å²) in [5.74, 6) is -0.317. The molecule has 0 fully saturated rings. The lowest BCUT2D eigenvalue weighted by molar-refractivity contribution is 0.0509. The van der Waals surface area contributed by atoms with Crippen LogP contribution >= 0.6 is 11.8 Å². The predicted molar refractivity (Wildman–Crippen MR) is 109 cm³/mol. The van der Waals surface area contributed by atoms with Gasteiger partial charge < -0.3 is 9.15 Å². The lowest BCUT2D eigenvalue weighted by atomic mass is 10.2. The number of hydrogen-bond acceptors (Lipinski definition) is 6. The molecule has 0 aliphatic heterocycles. The minimum atomic E-state index is -3.91. The molecule has 0 spiro atoms. The number of carbonyl (C=O) groups is 1. The van der Waals surface area contributed by atoms with Crippen molar-refractivity contribution in [2.75, 3.05) is 11.0 Å². The third-order valence-corrected chi connectivity index (χ3v) is 5.43. The van der Waals surface area contributed by atoms with Crippen molar-refractivity contribution < 1.29 is 22.4 Å². The van der Waals surface area contributed by atoms with Crippen LogP contribution in [0, 0.1) is 0 Å². The summed E-state index contributed by atoms with van der Waals surface area (Å²) < 4.78 is 34.8. The lowest BCUT2D eigenvalue weighted by Crippen LogP contribution is -2.16. The van der Waals surface area contributed by atoms with Crippen molar-refractivity contribution in [1.82, 2.24) is 0 Å². The van der Waals surface area contributed by atoms with E-state index in [1.807, 2.05) is 30.3 Å². The molecule has 0 unspecified atom stereocenters. The van der Waals surface area contributed by atoms with Crippen LogP contribution in [0.15, 0.2) is 76.2 Å². The summed E-state index contributed by atoms with van der Waals surface area (Å²) in [6.45, 7) is 0.252. The monoisotopic (exact) mass is 434 g/mol. The summed E-state index contributed by atoms with van der Waals surface area (Å²) in [7, 11) is -3.91. The number of carbonyl (C=O) groups excluding carboxylic acids is 1. The molecule has 152 valence electrons. The van der Waals surface area contributed by atoms with Gasteiger partial charge in [0.1, 0.15) is 10.7 Å². The number of ether oxygens (including phenoxy) is 1. The SMILES string of the molecule is NS(=O)(=O)c1ccoc1CN(Cl)c1ccc(C(=O)OCCc2ccccc2)cc1. The number of esters is 1. The molecule has 2 N–H and O–H groups in total. The first-order valence-electron chi connectivity index (χ1n) is 8.68. The molecule has 0 amide bonds. The summed E-state index contributed by atoms with van der Waals surface area (Å²) >= 11 is 6.22. The van der Waals surface area contributed by atoms with Crippen LogP contribution in [-0.4, -0.2) is 21.0 Å². The summed E-state index contributed by atoms with van der Waals surface area (Å²) in [6.07, 6.45) is 1.87. The summed E-state index contributed by atoms with van der Waals surface area (Å²) in [5.41, 5.74) is 2.02. The molecule has 7 nitrogen and oxygen atoms in total. The van der Waals surface area contributed by atoms with Crippen molar-refractivity contribution in [3.05, 3.63) is 83.8 Å². The van der Waals surface area contributed by atoms with Gasteiger partial charge in [-0.1, -0.05) is 30.3 Å². The highest BCUT2D eigenvalue weighted by atomic mass is 35.5.